The third-order valence-corrected chi connectivity index (χ3v) is 5.56. The second kappa shape index (κ2) is 10.8. The molecule has 0 unspecified atom stereocenters. The molecule has 1 amide bonds. The van der Waals surface area contributed by atoms with Crippen molar-refractivity contribution in [1.29, 1.82) is 0 Å². The van der Waals surface area contributed by atoms with Gasteiger partial charge in [0.15, 0.2) is 0 Å². The van der Waals surface area contributed by atoms with Crippen LogP contribution < -0.4 is 5.32 Å². The molecule has 0 saturated carbocycles. The zero-order valence-electron chi connectivity index (χ0n) is 19.8. The minimum Gasteiger partial charge on any atom is -0.481 e. The SMILES string of the molecule is CCCc1nn(Cc2ccc(NC(=O)c3ccc(C(F)(F)F)cc3)cc2)c(C(C)C)c1CC(=O)O. The second-order valence-electron chi connectivity index (χ2n) is 8.67. The molecule has 0 aliphatic carbocycles. The number of nitrogens with one attached hydrogen (secondary N) is 1. The van der Waals surface area contributed by atoms with E-state index in [0.29, 0.717) is 18.7 Å². The highest BCUT2D eigenvalue weighted by Gasteiger charge is 2.30. The van der Waals surface area contributed by atoms with Crippen LogP contribution in [0, 0.1) is 0 Å². The molecule has 186 valence electrons. The standard InChI is InChI=1S/C26H28F3N3O3/c1-4-5-22-21(14-23(33)34)24(16(2)3)32(31-22)15-17-6-12-20(13-7-17)30-25(35)18-8-10-19(11-9-18)26(27,28)29/h6-13,16H,4-5,14-15H2,1-3H3,(H,30,35)(H,33,34). The van der Waals surface area contributed by atoms with E-state index in [4.69, 9.17) is 5.10 Å². The number of halogens is 3. The first-order valence-corrected chi connectivity index (χ1v) is 11.4. The quantitative estimate of drug-likeness (QED) is 0.393. The minimum atomic E-state index is -4.46. The minimum absolute atomic E-state index is 0.0717. The summed E-state index contributed by atoms with van der Waals surface area (Å²) >= 11 is 0. The van der Waals surface area contributed by atoms with Crippen molar-refractivity contribution in [3.63, 3.8) is 0 Å². The normalized spacial score (nSPS) is 11.6. The highest BCUT2D eigenvalue weighted by Crippen LogP contribution is 2.29. The van der Waals surface area contributed by atoms with Gasteiger partial charge in [-0.1, -0.05) is 39.3 Å². The number of hydrogen-bond acceptors (Lipinski definition) is 3. The van der Waals surface area contributed by atoms with Crippen LogP contribution in [0.5, 0.6) is 0 Å². The van der Waals surface area contributed by atoms with Gasteiger partial charge in [-0.25, -0.2) is 0 Å². The molecule has 3 rings (SSSR count). The monoisotopic (exact) mass is 487 g/mol. The fraction of sp³-hybridized carbons (Fsp3) is 0.346. The molecular weight excluding hydrogens is 459 g/mol. The van der Waals surface area contributed by atoms with Gasteiger partial charge < -0.3 is 10.4 Å². The third-order valence-electron chi connectivity index (χ3n) is 5.56. The number of carbonyl (C=O) groups is 2. The lowest BCUT2D eigenvalue weighted by Crippen LogP contribution is -2.13. The van der Waals surface area contributed by atoms with Crippen molar-refractivity contribution in [3.05, 3.63) is 82.2 Å². The maximum atomic E-state index is 12.7. The fourth-order valence-corrected chi connectivity index (χ4v) is 3.99. The Hall–Kier alpha value is -3.62. The number of benzene rings is 2. The van der Waals surface area contributed by atoms with E-state index in [1.54, 1.807) is 12.1 Å². The Balaban J connectivity index is 1.76. The average Bonchev–Trinajstić information content (AvgIpc) is 3.10. The maximum Gasteiger partial charge on any atom is 0.416 e. The molecule has 1 aromatic heterocycles. The van der Waals surface area contributed by atoms with Crippen LogP contribution >= 0.6 is 0 Å². The van der Waals surface area contributed by atoms with E-state index in [-0.39, 0.29) is 17.9 Å². The number of amides is 1. The smallest absolute Gasteiger partial charge is 0.416 e. The van der Waals surface area contributed by atoms with Crippen LogP contribution in [0.3, 0.4) is 0 Å². The van der Waals surface area contributed by atoms with Gasteiger partial charge in [-0.05, 0) is 54.3 Å². The molecule has 2 N–H and O–H groups in total. The van der Waals surface area contributed by atoms with Gasteiger partial charge in [0.05, 0.1) is 24.2 Å². The summed E-state index contributed by atoms with van der Waals surface area (Å²) in [4.78, 5) is 23.8. The van der Waals surface area contributed by atoms with E-state index in [0.717, 1.165) is 53.2 Å². The molecule has 0 fully saturated rings. The lowest BCUT2D eigenvalue weighted by molar-refractivity contribution is -0.138. The lowest BCUT2D eigenvalue weighted by atomic mass is 9.99. The molecule has 0 aliphatic heterocycles. The molecule has 3 aromatic rings. The summed E-state index contributed by atoms with van der Waals surface area (Å²) in [5.41, 5.74) is 3.19. The van der Waals surface area contributed by atoms with Crippen LogP contribution in [0.2, 0.25) is 0 Å². The Kier molecular flexibility index (Phi) is 7.99. The van der Waals surface area contributed by atoms with Crippen LogP contribution in [-0.4, -0.2) is 26.8 Å². The zero-order chi connectivity index (χ0) is 25.8. The van der Waals surface area contributed by atoms with Crippen LogP contribution in [-0.2, 0) is 30.4 Å². The number of carboxylic acids is 1. The molecule has 9 heteroatoms. The molecule has 0 spiro atoms. The Morgan fingerprint density at radius 2 is 1.69 bits per heavy atom. The molecule has 0 radical (unpaired) electrons. The van der Waals surface area contributed by atoms with Gasteiger partial charge in [-0.15, -0.1) is 0 Å². The number of aromatic nitrogens is 2. The van der Waals surface area contributed by atoms with Gasteiger partial charge in [0.2, 0.25) is 0 Å². The number of anilines is 1. The van der Waals surface area contributed by atoms with Crippen molar-refractivity contribution in [3.8, 4) is 0 Å². The molecular formula is C26H28F3N3O3. The first-order valence-electron chi connectivity index (χ1n) is 11.4. The van der Waals surface area contributed by atoms with Gasteiger partial charge in [0.1, 0.15) is 0 Å². The van der Waals surface area contributed by atoms with Gasteiger partial charge in [0, 0.05) is 22.5 Å². The van der Waals surface area contributed by atoms with Crippen LogP contribution in [0.4, 0.5) is 18.9 Å². The number of aliphatic carboxylic acids is 1. The fourth-order valence-electron chi connectivity index (χ4n) is 3.99. The summed E-state index contributed by atoms with van der Waals surface area (Å²) < 4.78 is 40.0. The van der Waals surface area contributed by atoms with Crippen molar-refractivity contribution in [2.75, 3.05) is 5.32 Å². The summed E-state index contributed by atoms with van der Waals surface area (Å²) in [6.07, 6.45) is -2.98. The largest absolute Gasteiger partial charge is 0.481 e. The van der Waals surface area contributed by atoms with Gasteiger partial charge in [-0.2, -0.15) is 18.3 Å². The Bertz CT molecular complexity index is 1180. The summed E-state index contributed by atoms with van der Waals surface area (Å²) in [5, 5.41) is 16.8. The van der Waals surface area contributed by atoms with Crippen molar-refractivity contribution in [1.82, 2.24) is 9.78 Å². The molecule has 0 saturated heterocycles. The first kappa shape index (κ1) is 26.0. The number of nitrogens with zero attached hydrogens (tertiary/aromatic N) is 2. The lowest BCUT2D eigenvalue weighted by Gasteiger charge is -2.13. The van der Waals surface area contributed by atoms with Crippen LogP contribution in [0.1, 0.15) is 71.5 Å². The predicted octanol–water partition coefficient (Wildman–Crippen LogP) is 5.91. The van der Waals surface area contributed by atoms with E-state index in [2.05, 4.69) is 5.32 Å². The molecule has 1 heterocycles. The van der Waals surface area contributed by atoms with Crippen LogP contribution in [0.25, 0.3) is 0 Å². The molecule has 0 bridgehead atoms. The summed E-state index contributed by atoms with van der Waals surface area (Å²) in [6.45, 7) is 6.48. The number of hydrogen-bond donors (Lipinski definition) is 2. The van der Waals surface area contributed by atoms with Crippen molar-refractivity contribution < 1.29 is 27.9 Å². The average molecular weight is 488 g/mol. The van der Waals surface area contributed by atoms with Gasteiger partial charge in [0.25, 0.3) is 5.91 Å². The third kappa shape index (κ3) is 6.49. The molecule has 0 aliphatic rings. The van der Waals surface area contributed by atoms with Crippen molar-refractivity contribution in [2.45, 2.75) is 58.7 Å². The summed E-state index contributed by atoms with van der Waals surface area (Å²) in [5.74, 6) is -1.31. The number of alkyl halides is 3. The van der Waals surface area contributed by atoms with Crippen molar-refractivity contribution in [2.24, 2.45) is 0 Å². The Morgan fingerprint density at radius 3 is 2.20 bits per heavy atom. The molecule has 35 heavy (non-hydrogen) atoms. The van der Waals surface area contributed by atoms with E-state index in [9.17, 15) is 27.9 Å². The van der Waals surface area contributed by atoms with E-state index < -0.39 is 23.6 Å². The second-order valence-corrected chi connectivity index (χ2v) is 8.67. The number of carbonyl (C=O) groups excluding carboxylic acids is 1. The maximum absolute atomic E-state index is 12.7. The summed E-state index contributed by atoms with van der Waals surface area (Å²) in [7, 11) is 0. The summed E-state index contributed by atoms with van der Waals surface area (Å²) in [6, 6.07) is 11.1. The van der Waals surface area contributed by atoms with E-state index >= 15 is 0 Å². The van der Waals surface area contributed by atoms with Crippen molar-refractivity contribution >= 4 is 17.6 Å². The predicted molar refractivity (Wildman–Crippen MR) is 127 cm³/mol. The molecule has 0 atom stereocenters. The van der Waals surface area contributed by atoms with Gasteiger partial charge >= 0.3 is 12.1 Å². The number of aryl methyl sites for hydroxylation is 1. The Labute approximate surface area is 201 Å². The zero-order valence-corrected chi connectivity index (χ0v) is 19.8. The van der Waals surface area contributed by atoms with Gasteiger partial charge in [-0.3, -0.25) is 14.3 Å². The number of carboxylic acid groups (broad SMARTS) is 1. The number of rotatable bonds is 9. The van der Waals surface area contributed by atoms with E-state index in [1.165, 1.54) is 0 Å². The highest BCUT2D eigenvalue weighted by molar-refractivity contribution is 6.04. The first-order chi connectivity index (χ1) is 16.5. The topological polar surface area (TPSA) is 84.2 Å². The molecule has 2 aromatic carbocycles. The highest BCUT2D eigenvalue weighted by atomic mass is 19.4. The molecule has 6 nitrogen and oxygen atoms in total. The van der Waals surface area contributed by atoms with E-state index in [1.807, 2.05) is 37.6 Å². The Morgan fingerprint density at radius 1 is 1.06 bits per heavy atom. The van der Waals surface area contributed by atoms with Crippen LogP contribution in [0.15, 0.2) is 48.5 Å².